The van der Waals surface area contributed by atoms with Crippen LogP contribution in [0, 0.1) is 11.8 Å². The van der Waals surface area contributed by atoms with Gasteiger partial charge in [-0.1, -0.05) is 30.3 Å². The molecule has 0 aliphatic carbocycles. The molecular formula is C20H20N2O3. The summed E-state index contributed by atoms with van der Waals surface area (Å²) in [5.41, 5.74) is 1.83. The van der Waals surface area contributed by atoms with Crippen LogP contribution in [-0.2, 0) is 16.1 Å². The van der Waals surface area contributed by atoms with Gasteiger partial charge in [0.15, 0.2) is 0 Å². The summed E-state index contributed by atoms with van der Waals surface area (Å²) < 4.78 is 5.14. The quantitative estimate of drug-likeness (QED) is 0.804. The van der Waals surface area contributed by atoms with Gasteiger partial charge in [0.2, 0.25) is 11.8 Å². The summed E-state index contributed by atoms with van der Waals surface area (Å²) in [7, 11) is 1.59. The Morgan fingerprint density at radius 3 is 2.08 bits per heavy atom. The minimum atomic E-state index is -0.238. The van der Waals surface area contributed by atoms with Crippen LogP contribution in [0.1, 0.15) is 5.56 Å². The Kier molecular flexibility index (Phi) is 4.01. The van der Waals surface area contributed by atoms with E-state index in [1.807, 2.05) is 18.2 Å². The predicted octanol–water partition coefficient (Wildman–Crippen LogP) is 2.32. The number of likely N-dealkylation sites (tertiary alicyclic amines) is 1. The number of rotatable bonds is 4. The van der Waals surface area contributed by atoms with E-state index in [2.05, 4.69) is 17.0 Å². The molecule has 2 aromatic rings. The second-order valence-corrected chi connectivity index (χ2v) is 6.60. The third-order valence-electron chi connectivity index (χ3n) is 5.05. The predicted molar refractivity (Wildman–Crippen MR) is 94.2 cm³/mol. The number of fused-ring (bicyclic) bond motifs is 1. The number of nitrogens with zero attached hydrogens (tertiary/aromatic N) is 2. The maximum atomic E-state index is 12.8. The van der Waals surface area contributed by atoms with Gasteiger partial charge in [0.05, 0.1) is 24.6 Å². The van der Waals surface area contributed by atoms with Crippen molar-refractivity contribution in [2.45, 2.75) is 6.54 Å². The molecule has 25 heavy (non-hydrogen) atoms. The molecule has 0 bridgehead atoms. The lowest BCUT2D eigenvalue weighted by atomic mass is 10.00. The number of ether oxygens (including phenoxy) is 1. The van der Waals surface area contributed by atoms with E-state index in [4.69, 9.17) is 4.74 Å². The number of hydrogen-bond acceptors (Lipinski definition) is 4. The van der Waals surface area contributed by atoms with Crippen LogP contribution in [0.3, 0.4) is 0 Å². The molecule has 2 atom stereocenters. The topological polar surface area (TPSA) is 49.9 Å². The Hall–Kier alpha value is -2.66. The zero-order valence-electron chi connectivity index (χ0n) is 14.1. The standard InChI is InChI=1S/C20H20N2O3/c1-25-16-9-7-15(8-10-16)22-19(23)17-12-21(13-18(17)20(22)24)11-14-5-3-2-4-6-14/h2-10,17-18H,11-13H2,1H3. The zero-order chi connectivity index (χ0) is 17.4. The van der Waals surface area contributed by atoms with Crippen LogP contribution in [0.2, 0.25) is 0 Å². The fraction of sp³-hybridized carbons (Fsp3) is 0.300. The second kappa shape index (κ2) is 6.33. The lowest BCUT2D eigenvalue weighted by molar-refractivity contribution is -0.123. The van der Waals surface area contributed by atoms with Gasteiger partial charge in [-0.3, -0.25) is 14.5 Å². The first-order valence-electron chi connectivity index (χ1n) is 8.45. The largest absolute Gasteiger partial charge is 0.497 e. The molecule has 2 saturated heterocycles. The third-order valence-corrected chi connectivity index (χ3v) is 5.05. The van der Waals surface area contributed by atoms with E-state index in [-0.39, 0.29) is 23.7 Å². The Morgan fingerprint density at radius 2 is 1.52 bits per heavy atom. The van der Waals surface area contributed by atoms with E-state index in [9.17, 15) is 9.59 Å². The van der Waals surface area contributed by atoms with Crippen molar-refractivity contribution in [2.24, 2.45) is 11.8 Å². The van der Waals surface area contributed by atoms with Crippen LogP contribution in [0.25, 0.3) is 0 Å². The summed E-state index contributed by atoms with van der Waals surface area (Å²) in [6.07, 6.45) is 0. The van der Waals surface area contributed by atoms with Crippen molar-refractivity contribution in [3.63, 3.8) is 0 Å². The molecule has 0 saturated carbocycles. The molecule has 2 fully saturated rings. The number of carbonyl (C=O) groups excluding carboxylic acids is 2. The van der Waals surface area contributed by atoms with E-state index in [1.54, 1.807) is 31.4 Å². The Morgan fingerprint density at radius 1 is 0.920 bits per heavy atom. The number of amides is 2. The van der Waals surface area contributed by atoms with Gasteiger partial charge in [-0.15, -0.1) is 0 Å². The molecule has 0 aromatic heterocycles. The minimum absolute atomic E-state index is 0.0873. The monoisotopic (exact) mass is 336 g/mol. The van der Waals surface area contributed by atoms with Crippen molar-refractivity contribution >= 4 is 17.5 Å². The molecule has 2 amide bonds. The molecule has 0 spiro atoms. The number of anilines is 1. The highest BCUT2D eigenvalue weighted by atomic mass is 16.5. The van der Waals surface area contributed by atoms with E-state index in [0.717, 1.165) is 6.54 Å². The van der Waals surface area contributed by atoms with Crippen molar-refractivity contribution in [1.29, 1.82) is 0 Å². The number of imide groups is 1. The molecule has 2 aliphatic rings. The zero-order valence-corrected chi connectivity index (χ0v) is 14.1. The van der Waals surface area contributed by atoms with Crippen LogP contribution in [0.4, 0.5) is 5.69 Å². The Balaban J connectivity index is 1.49. The number of carbonyl (C=O) groups is 2. The van der Waals surface area contributed by atoms with Crippen LogP contribution in [0.5, 0.6) is 5.75 Å². The molecule has 128 valence electrons. The highest BCUT2D eigenvalue weighted by Gasteiger charge is 2.52. The summed E-state index contributed by atoms with van der Waals surface area (Å²) in [6.45, 7) is 2.05. The van der Waals surface area contributed by atoms with E-state index >= 15 is 0 Å². The molecule has 2 heterocycles. The molecule has 4 rings (SSSR count). The smallest absolute Gasteiger partial charge is 0.239 e. The van der Waals surface area contributed by atoms with Crippen LogP contribution >= 0.6 is 0 Å². The minimum Gasteiger partial charge on any atom is -0.497 e. The maximum Gasteiger partial charge on any atom is 0.239 e. The summed E-state index contributed by atoms with van der Waals surface area (Å²) >= 11 is 0. The van der Waals surface area contributed by atoms with Gasteiger partial charge in [-0.05, 0) is 29.8 Å². The van der Waals surface area contributed by atoms with E-state index in [1.165, 1.54) is 10.5 Å². The summed E-state index contributed by atoms with van der Waals surface area (Å²) in [5.74, 6) is 0.0557. The molecule has 5 heteroatoms. The van der Waals surface area contributed by atoms with E-state index in [0.29, 0.717) is 24.5 Å². The molecule has 0 radical (unpaired) electrons. The molecule has 2 unspecified atom stereocenters. The van der Waals surface area contributed by atoms with Crippen LogP contribution in [0.15, 0.2) is 54.6 Å². The number of hydrogen-bond donors (Lipinski definition) is 0. The van der Waals surface area contributed by atoms with Gasteiger partial charge in [-0.25, -0.2) is 4.90 Å². The first-order chi connectivity index (χ1) is 12.2. The van der Waals surface area contributed by atoms with Gasteiger partial charge in [-0.2, -0.15) is 0 Å². The van der Waals surface area contributed by atoms with Gasteiger partial charge in [0.25, 0.3) is 0 Å². The van der Waals surface area contributed by atoms with Gasteiger partial charge in [0.1, 0.15) is 5.75 Å². The molecular weight excluding hydrogens is 316 g/mol. The van der Waals surface area contributed by atoms with Crippen molar-refractivity contribution in [1.82, 2.24) is 4.90 Å². The van der Waals surface area contributed by atoms with Gasteiger partial charge < -0.3 is 4.74 Å². The van der Waals surface area contributed by atoms with E-state index < -0.39 is 0 Å². The van der Waals surface area contributed by atoms with Crippen LogP contribution in [-0.4, -0.2) is 36.9 Å². The normalized spacial score (nSPS) is 23.2. The lowest BCUT2D eigenvalue weighted by Gasteiger charge is -2.20. The van der Waals surface area contributed by atoms with Gasteiger partial charge in [0, 0.05) is 19.6 Å². The Labute approximate surface area is 146 Å². The van der Waals surface area contributed by atoms with Crippen molar-refractivity contribution in [3.05, 3.63) is 60.2 Å². The maximum absolute atomic E-state index is 12.8. The number of methoxy groups -OCH3 is 1. The Bertz CT molecular complexity index is 764. The van der Waals surface area contributed by atoms with Crippen LogP contribution < -0.4 is 9.64 Å². The first-order valence-corrected chi connectivity index (χ1v) is 8.45. The van der Waals surface area contributed by atoms with Crippen molar-refractivity contribution < 1.29 is 14.3 Å². The highest BCUT2D eigenvalue weighted by Crippen LogP contribution is 2.37. The van der Waals surface area contributed by atoms with Gasteiger partial charge >= 0.3 is 0 Å². The van der Waals surface area contributed by atoms with Crippen molar-refractivity contribution in [3.8, 4) is 5.75 Å². The summed E-state index contributed by atoms with van der Waals surface area (Å²) in [6, 6.07) is 17.2. The highest BCUT2D eigenvalue weighted by molar-refractivity contribution is 6.22. The molecule has 0 N–H and O–H groups in total. The lowest BCUT2D eigenvalue weighted by Crippen LogP contribution is -2.35. The summed E-state index contributed by atoms with van der Waals surface area (Å²) in [5, 5.41) is 0. The average Bonchev–Trinajstić information content (AvgIpc) is 3.15. The summed E-state index contributed by atoms with van der Waals surface area (Å²) in [4.78, 5) is 29.1. The molecule has 2 aliphatic heterocycles. The first kappa shape index (κ1) is 15.8. The molecule has 2 aromatic carbocycles. The second-order valence-electron chi connectivity index (χ2n) is 6.60. The third kappa shape index (κ3) is 2.81. The average molecular weight is 336 g/mol. The SMILES string of the molecule is COc1ccc(N2C(=O)C3CN(Cc4ccccc4)CC3C2=O)cc1. The number of benzene rings is 2. The fourth-order valence-corrected chi connectivity index (χ4v) is 3.78. The molecule has 5 nitrogen and oxygen atoms in total. The fourth-order valence-electron chi connectivity index (χ4n) is 3.78. The van der Waals surface area contributed by atoms with Crippen molar-refractivity contribution in [2.75, 3.05) is 25.1 Å².